The molecule has 2 aromatic rings. The summed E-state index contributed by atoms with van der Waals surface area (Å²) >= 11 is 3.15. The van der Waals surface area contributed by atoms with E-state index in [0.717, 1.165) is 16.9 Å². The summed E-state index contributed by atoms with van der Waals surface area (Å²) in [5.41, 5.74) is 8.77. The van der Waals surface area contributed by atoms with Crippen molar-refractivity contribution >= 4 is 33.0 Å². The third-order valence-electron chi connectivity index (χ3n) is 2.72. The van der Waals surface area contributed by atoms with Crippen LogP contribution in [0.25, 0.3) is 0 Å². The number of hydrogen-bond donors (Lipinski definition) is 2. The van der Waals surface area contributed by atoms with Crippen molar-refractivity contribution in [1.29, 1.82) is 5.26 Å². The van der Waals surface area contributed by atoms with Crippen LogP contribution < -0.4 is 11.1 Å². The minimum absolute atomic E-state index is 0.307. The van der Waals surface area contributed by atoms with Crippen LogP contribution in [0.4, 0.5) is 21.5 Å². The molecule has 0 aliphatic rings. The number of nitrogen functional groups attached to an aromatic ring is 1. The molecule has 0 unspecified atom stereocenters. The second-order valence-corrected chi connectivity index (χ2v) is 4.97. The largest absolute Gasteiger partial charge is 0.398 e. The number of nitrogens with zero attached hydrogens (tertiary/aromatic N) is 1. The SMILES string of the molecule is Cc1cc(F)c(Br)cc1Nc1ccc(N)c(C#N)c1. The van der Waals surface area contributed by atoms with Gasteiger partial charge in [-0.15, -0.1) is 0 Å². The Labute approximate surface area is 119 Å². The zero-order chi connectivity index (χ0) is 14.0. The Morgan fingerprint density at radius 2 is 2.05 bits per heavy atom. The minimum Gasteiger partial charge on any atom is -0.398 e. The molecule has 5 heteroatoms. The van der Waals surface area contributed by atoms with Gasteiger partial charge in [0.1, 0.15) is 11.9 Å². The van der Waals surface area contributed by atoms with Crippen LogP contribution in [0.2, 0.25) is 0 Å². The molecule has 0 bridgehead atoms. The van der Waals surface area contributed by atoms with Gasteiger partial charge in [-0.25, -0.2) is 4.39 Å². The van der Waals surface area contributed by atoms with E-state index >= 15 is 0 Å². The van der Waals surface area contributed by atoms with Crippen LogP contribution >= 0.6 is 15.9 Å². The highest BCUT2D eigenvalue weighted by Crippen LogP contribution is 2.28. The number of benzene rings is 2. The van der Waals surface area contributed by atoms with Crippen molar-refractivity contribution < 1.29 is 4.39 Å². The quantitative estimate of drug-likeness (QED) is 0.819. The summed E-state index contributed by atoms with van der Waals surface area (Å²) in [6.45, 7) is 1.81. The first-order chi connectivity index (χ1) is 9.01. The van der Waals surface area contributed by atoms with Crippen molar-refractivity contribution in [2.75, 3.05) is 11.1 Å². The number of nitriles is 1. The van der Waals surface area contributed by atoms with Gasteiger partial charge >= 0.3 is 0 Å². The second kappa shape index (κ2) is 5.29. The maximum absolute atomic E-state index is 13.3. The Kier molecular flexibility index (Phi) is 3.72. The Morgan fingerprint density at radius 3 is 2.74 bits per heavy atom. The molecule has 0 aliphatic carbocycles. The Hall–Kier alpha value is -2.06. The normalized spacial score (nSPS) is 10.0. The van der Waals surface area contributed by atoms with E-state index in [1.807, 2.05) is 6.07 Å². The highest BCUT2D eigenvalue weighted by molar-refractivity contribution is 9.10. The van der Waals surface area contributed by atoms with Gasteiger partial charge in [0.2, 0.25) is 0 Å². The summed E-state index contributed by atoms with van der Waals surface area (Å²) in [5.74, 6) is -0.307. The molecule has 2 rings (SSSR count). The topological polar surface area (TPSA) is 61.8 Å². The summed E-state index contributed by atoms with van der Waals surface area (Å²) in [6, 6.07) is 10.2. The lowest BCUT2D eigenvalue weighted by Gasteiger charge is -2.11. The monoisotopic (exact) mass is 319 g/mol. The zero-order valence-corrected chi connectivity index (χ0v) is 11.8. The average molecular weight is 320 g/mol. The summed E-state index contributed by atoms with van der Waals surface area (Å²) < 4.78 is 13.7. The molecule has 0 spiro atoms. The van der Waals surface area contributed by atoms with Crippen LogP contribution in [0.1, 0.15) is 11.1 Å². The molecule has 0 atom stereocenters. The summed E-state index contributed by atoms with van der Waals surface area (Å²) in [7, 11) is 0. The molecule has 3 N–H and O–H groups in total. The molecule has 0 saturated carbocycles. The third-order valence-corrected chi connectivity index (χ3v) is 3.33. The molecular weight excluding hydrogens is 309 g/mol. The third kappa shape index (κ3) is 2.85. The standard InChI is InChI=1S/C14H11BrFN3/c1-8-4-12(16)11(15)6-14(8)19-10-2-3-13(18)9(5-10)7-17/h2-6,19H,18H2,1H3. The van der Waals surface area contributed by atoms with Gasteiger partial charge in [-0.3, -0.25) is 0 Å². The van der Waals surface area contributed by atoms with E-state index < -0.39 is 0 Å². The van der Waals surface area contributed by atoms with Crippen molar-refractivity contribution in [2.45, 2.75) is 6.92 Å². The number of anilines is 3. The maximum Gasteiger partial charge on any atom is 0.137 e. The number of nitrogens with one attached hydrogen (secondary N) is 1. The second-order valence-electron chi connectivity index (χ2n) is 4.12. The zero-order valence-electron chi connectivity index (χ0n) is 10.2. The van der Waals surface area contributed by atoms with E-state index in [1.54, 1.807) is 31.2 Å². The van der Waals surface area contributed by atoms with Gasteiger partial charge in [0.15, 0.2) is 0 Å². The van der Waals surface area contributed by atoms with E-state index in [-0.39, 0.29) is 5.82 Å². The Morgan fingerprint density at radius 1 is 1.32 bits per heavy atom. The van der Waals surface area contributed by atoms with E-state index in [0.29, 0.717) is 15.7 Å². The lowest BCUT2D eigenvalue weighted by atomic mass is 10.1. The van der Waals surface area contributed by atoms with Gasteiger partial charge in [0.05, 0.1) is 10.0 Å². The van der Waals surface area contributed by atoms with Gasteiger partial charge in [-0.1, -0.05) is 0 Å². The molecule has 0 fully saturated rings. The Balaban J connectivity index is 2.37. The van der Waals surface area contributed by atoms with Gasteiger partial charge in [-0.05, 0) is 58.7 Å². The number of halogens is 2. The molecule has 0 radical (unpaired) electrons. The van der Waals surface area contributed by atoms with Gasteiger partial charge in [0.25, 0.3) is 0 Å². The lowest BCUT2D eigenvalue weighted by molar-refractivity contribution is 0.620. The summed E-state index contributed by atoms with van der Waals surface area (Å²) in [4.78, 5) is 0. The van der Waals surface area contributed by atoms with E-state index in [9.17, 15) is 4.39 Å². The molecule has 0 aromatic heterocycles. The van der Waals surface area contributed by atoms with Crippen LogP contribution in [0, 0.1) is 24.1 Å². The van der Waals surface area contributed by atoms with Gasteiger partial charge in [-0.2, -0.15) is 5.26 Å². The molecule has 3 nitrogen and oxygen atoms in total. The summed E-state index contributed by atoms with van der Waals surface area (Å²) in [6.07, 6.45) is 0. The molecular formula is C14H11BrFN3. The minimum atomic E-state index is -0.307. The molecule has 19 heavy (non-hydrogen) atoms. The number of nitrogens with two attached hydrogens (primary N) is 1. The van der Waals surface area contributed by atoms with Crippen LogP contribution in [-0.2, 0) is 0 Å². The highest BCUT2D eigenvalue weighted by atomic mass is 79.9. The van der Waals surface area contributed by atoms with Crippen molar-refractivity contribution in [1.82, 2.24) is 0 Å². The van der Waals surface area contributed by atoms with Crippen molar-refractivity contribution in [3.63, 3.8) is 0 Å². The fourth-order valence-corrected chi connectivity index (χ4v) is 2.01. The fraction of sp³-hybridized carbons (Fsp3) is 0.0714. The number of hydrogen-bond acceptors (Lipinski definition) is 3. The fourth-order valence-electron chi connectivity index (χ4n) is 1.67. The van der Waals surface area contributed by atoms with Gasteiger partial charge < -0.3 is 11.1 Å². The smallest absolute Gasteiger partial charge is 0.137 e. The number of rotatable bonds is 2. The maximum atomic E-state index is 13.3. The predicted octanol–water partition coefficient (Wildman–Crippen LogP) is 4.09. The Bertz CT molecular complexity index is 677. The van der Waals surface area contributed by atoms with Crippen molar-refractivity contribution in [3.05, 3.63) is 51.7 Å². The summed E-state index contributed by atoms with van der Waals surface area (Å²) in [5, 5.41) is 12.1. The molecule has 0 heterocycles. The van der Waals surface area contributed by atoms with Gasteiger partial charge in [0, 0.05) is 17.1 Å². The molecule has 0 saturated heterocycles. The lowest BCUT2D eigenvalue weighted by Crippen LogP contribution is -1.97. The first kappa shape index (κ1) is 13.4. The molecule has 2 aromatic carbocycles. The van der Waals surface area contributed by atoms with Crippen LogP contribution in [0.5, 0.6) is 0 Å². The first-order valence-electron chi connectivity index (χ1n) is 5.53. The molecule has 96 valence electrons. The van der Waals surface area contributed by atoms with Crippen LogP contribution in [0.15, 0.2) is 34.8 Å². The van der Waals surface area contributed by atoms with Crippen molar-refractivity contribution in [3.8, 4) is 6.07 Å². The van der Waals surface area contributed by atoms with E-state index in [4.69, 9.17) is 11.0 Å². The molecule has 0 amide bonds. The van der Waals surface area contributed by atoms with E-state index in [2.05, 4.69) is 21.2 Å². The highest BCUT2D eigenvalue weighted by Gasteiger charge is 2.06. The number of aryl methyl sites for hydroxylation is 1. The van der Waals surface area contributed by atoms with Crippen molar-refractivity contribution in [2.24, 2.45) is 0 Å². The molecule has 0 aliphatic heterocycles. The van der Waals surface area contributed by atoms with Crippen LogP contribution in [0.3, 0.4) is 0 Å². The van der Waals surface area contributed by atoms with Crippen LogP contribution in [-0.4, -0.2) is 0 Å². The predicted molar refractivity (Wildman–Crippen MR) is 77.7 cm³/mol. The first-order valence-corrected chi connectivity index (χ1v) is 6.33. The van der Waals surface area contributed by atoms with E-state index in [1.165, 1.54) is 6.07 Å². The average Bonchev–Trinajstić information content (AvgIpc) is 2.38.